The molecular weight excluding hydrogens is 390 g/mol. The highest BCUT2D eigenvalue weighted by Crippen LogP contribution is 2.36. The number of pyridine rings is 2. The Morgan fingerprint density at radius 1 is 0.935 bits per heavy atom. The van der Waals surface area contributed by atoms with Crippen LogP contribution in [0.25, 0.3) is 21.8 Å². The van der Waals surface area contributed by atoms with Gasteiger partial charge in [-0.05, 0) is 24.3 Å². The molecule has 3 heterocycles. The molecule has 0 aliphatic heterocycles. The van der Waals surface area contributed by atoms with Gasteiger partial charge in [-0.3, -0.25) is 20.2 Å². The number of phenols is 1. The molecule has 1 atom stereocenters. The zero-order valence-electron chi connectivity index (χ0n) is 16.4. The molecule has 0 radical (unpaired) electrons. The van der Waals surface area contributed by atoms with Crippen LogP contribution in [0.4, 0.5) is 0 Å². The summed E-state index contributed by atoms with van der Waals surface area (Å²) in [5, 5.41) is 12.9. The van der Waals surface area contributed by atoms with Crippen molar-refractivity contribution in [2.75, 3.05) is 0 Å². The predicted molar refractivity (Wildman–Crippen MR) is 118 cm³/mol. The van der Waals surface area contributed by atoms with E-state index in [0.29, 0.717) is 16.6 Å². The van der Waals surface area contributed by atoms with Crippen molar-refractivity contribution in [3.63, 3.8) is 0 Å². The molecule has 5 rings (SSSR count). The first-order valence-corrected chi connectivity index (χ1v) is 9.81. The Labute approximate surface area is 177 Å². The van der Waals surface area contributed by atoms with Gasteiger partial charge in [0, 0.05) is 57.8 Å². The lowest BCUT2D eigenvalue weighted by atomic mass is 9.96. The summed E-state index contributed by atoms with van der Waals surface area (Å²) >= 11 is 0. The van der Waals surface area contributed by atoms with Gasteiger partial charge in [0.2, 0.25) is 0 Å². The van der Waals surface area contributed by atoms with E-state index in [-0.39, 0.29) is 11.7 Å². The number of hydrogen-bond donors (Lipinski definition) is 4. The third-order valence-electron chi connectivity index (χ3n) is 5.29. The van der Waals surface area contributed by atoms with Gasteiger partial charge in [0.25, 0.3) is 5.91 Å². The SMILES string of the molecule is O=C(NNC(c1ccc2cccnc2c1O)c1c[nH]c2ccccc12)c1ccncc1. The zero-order chi connectivity index (χ0) is 21.2. The highest BCUT2D eigenvalue weighted by molar-refractivity contribution is 5.94. The summed E-state index contributed by atoms with van der Waals surface area (Å²) in [4.78, 5) is 24.2. The number of carbonyl (C=O) groups excluding carboxylic acids is 1. The normalized spacial score (nSPS) is 12.1. The van der Waals surface area contributed by atoms with Gasteiger partial charge in [-0.2, -0.15) is 0 Å². The summed E-state index contributed by atoms with van der Waals surface area (Å²) in [6.07, 6.45) is 6.65. The fourth-order valence-electron chi connectivity index (χ4n) is 3.75. The largest absolute Gasteiger partial charge is 0.505 e. The van der Waals surface area contributed by atoms with Crippen LogP contribution in [0.15, 0.2) is 85.5 Å². The number of carbonyl (C=O) groups is 1. The Morgan fingerprint density at radius 3 is 2.65 bits per heavy atom. The van der Waals surface area contributed by atoms with Crippen LogP contribution in [0.3, 0.4) is 0 Å². The first-order valence-electron chi connectivity index (χ1n) is 9.81. The van der Waals surface area contributed by atoms with Gasteiger partial charge in [-0.25, -0.2) is 5.43 Å². The van der Waals surface area contributed by atoms with Crippen molar-refractivity contribution < 1.29 is 9.90 Å². The summed E-state index contributed by atoms with van der Waals surface area (Å²) in [6.45, 7) is 0. The number of amides is 1. The molecule has 152 valence electrons. The molecule has 1 amide bonds. The number of para-hydroxylation sites is 1. The number of hydrazine groups is 1. The highest BCUT2D eigenvalue weighted by atomic mass is 16.3. The quantitative estimate of drug-likeness (QED) is 0.330. The molecule has 7 nitrogen and oxygen atoms in total. The van der Waals surface area contributed by atoms with Gasteiger partial charge in [-0.1, -0.05) is 36.4 Å². The van der Waals surface area contributed by atoms with Crippen LogP contribution >= 0.6 is 0 Å². The topological polar surface area (TPSA) is 103 Å². The minimum atomic E-state index is -0.520. The molecule has 0 aliphatic rings. The molecule has 0 saturated carbocycles. The van der Waals surface area contributed by atoms with E-state index in [1.54, 1.807) is 30.7 Å². The van der Waals surface area contributed by atoms with Crippen molar-refractivity contribution in [1.82, 2.24) is 25.8 Å². The molecule has 3 aromatic heterocycles. The number of aromatic amines is 1. The van der Waals surface area contributed by atoms with Gasteiger partial charge in [-0.15, -0.1) is 0 Å². The lowest BCUT2D eigenvalue weighted by molar-refractivity contribution is 0.0928. The maximum Gasteiger partial charge on any atom is 0.265 e. The van der Waals surface area contributed by atoms with Gasteiger partial charge in [0.1, 0.15) is 11.3 Å². The minimum Gasteiger partial charge on any atom is -0.505 e. The standard InChI is InChI=1S/C24H19N5O2/c30-23-18(8-7-15-4-3-11-26-21(15)23)22(19-14-27-20-6-2-1-5-17(19)20)28-29-24(31)16-9-12-25-13-10-16/h1-14,22,27-28,30H,(H,29,31). The third-order valence-corrected chi connectivity index (χ3v) is 5.29. The second-order valence-corrected chi connectivity index (χ2v) is 7.14. The predicted octanol–water partition coefficient (Wildman–Crippen LogP) is 3.84. The number of H-pyrrole nitrogens is 1. The van der Waals surface area contributed by atoms with Crippen molar-refractivity contribution in [1.29, 1.82) is 0 Å². The first-order chi connectivity index (χ1) is 15.2. The lowest BCUT2D eigenvalue weighted by Gasteiger charge is -2.21. The fraction of sp³-hybridized carbons (Fsp3) is 0.0417. The number of aromatic nitrogens is 3. The maximum atomic E-state index is 12.6. The van der Waals surface area contributed by atoms with E-state index in [9.17, 15) is 9.90 Å². The molecule has 5 aromatic rings. The Bertz CT molecular complexity index is 1380. The molecule has 31 heavy (non-hydrogen) atoms. The molecule has 0 saturated heterocycles. The van der Waals surface area contributed by atoms with Gasteiger partial charge < -0.3 is 10.1 Å². The lowest BCUT2D eigenvalue weighted by Crippen LogP contribution is -2.40. The number of fused-ring (bicyclic) bond motifs is 2. The van der Waals surface area contributed by atoms with Crippen LogP contribution in [-0.2, 0) is 0 Å². The number of nitrogens with one attached hydrogen (secondary N) is 3. The number of hydrogen-bond acceptors (Lipinski definition) is 5. The molecular formula is C24H19N5O2. The average Bonchev–Trinajstić information content (AvgIpc) is 3.25. The summed E-state index contributed by atoms with van der Waals surface area (Å²) in [5.74, 6) is -0.232. The van der Waals surface area contributed by atoms with E-state index in [4.69, 9.17) is 0 Å². The second-order valence-electron chi connectivity index (χ2n) is 7.14. The van der Waals surface area contributed by atoms with E-state index in [1.165, 1.54) is 0 Å². The van der Waals surface area contributed by atoms with E-state index in [0.717, 1.165) is 21.9 Å². The Balaban J connectivity index is 1.58. The van der Waals surface area contributed by atoms with Gasteiger partial charge in [0.15, 0.2) is 0 Å². The number of rotatable bonds is 5. The van der Waals surface area contributed by atoms with Gasteiger partial charge in [0.05, 0.1) is 6.04 Å². The molecule has 0 fully saturated rings. The first kappa shape index (κ1) is 18.8. The smallest absolute Gasteiger partial charge is 0.265 e. The van der Waals surface area contributed by atoms with Crippen LogP contribution in [0.2, 0.25) is 0 Å². The van der Waals surface area contributed by atoms with Crippen LogP contribution in [-0.4, -0.2) is 26.0 Å². The van der Waals surface area contributed by atoms with Crippen molar-refractivity contribution >= 4 is 27.7 Å². The van der Waals surface area contributed by atoms with E-state index < -0.39 is 6.04 Å². The molecule has 2 aromatic carbocycles. The minimum absolute atomic E-state index is 0.0686. The Hall–Kier alpha value is -4.23. The molecule has 0 spiro atoms. The van der Waals surface area contributed by atoms with Gasteiger partial charge >= 0.3 is 0 Å². The monoisotopic (exact) mass is 409 g/mol. The molecule has 4 N–H and O–H groups in total. The van der Waals surface area contributed by atoms with E-state index in [2.05, 4.69) is 25.8 Å². The Kier molecular flexibility index (Phi) is 4.78. The van der Waals surface area contributed by atoms with Crippen LogP contribution in [0.1, 0.15) is 27.5 Å². The summed E-state index contributed by atoms with van der Waals surface area (Å²) < 4.78 is 0. The van der Waals surface area contributed by atoms with Crippen LogP contribution in [0.5, 0.6) is 5.75 Å². The number of benzene rings is 2. The van der Waals surface area contributed by atoms with Crippen molar-refractivity contribution in [3.8, 4) is 5.75 Å². The fourth-order valence-corrected chi connectivity index (χ4v) is 3.75. The third kappa shape index (κ3) is 3.47. The second kappa shape index (κ2) is 7.89. The highest BCUT2D eigenvalue weighted by Gasteiger charge is 2.23. The maximum absolute atomic E-state index is 12.6. The Morgan fingerprint density at radius 2 is 1.77 bits per heavy atom. The summed E-state index contributed by atoms with van der Waals surface area (Å²) in [5.41, 5.74) is 9.30. The van der Waals surface area contributed by atoms with Crippen LogP contribution < -0.4 is 10.9 Å². The number of phenolic OH excluding ortho intramolecular Hbond substituents is 1. The molecule has 0 aliphatic carbocycles. The van der Waals surface area contributed by atoms with E-state index >= 15 is 0 Å². The zero-order valence-corrected chi connectivity index (χ0v) is 16.4. The van der Waals surface area contributed by atoms with Crippen LogP contribution in [0, 0.1) is 0 Å². The summed E-state index contributed by atoms with van der Waals surface area (Å²) in [7, 11) is 0. The van der Waals surface area contributed by atoms with Crippen molar-refractivity contribution in [2.24, 2.45) is 0 Å². The molecule has 7 heteroatoms. The number of nitrogens with zero attached hydrogens (tertiary/aromatic N) is 2. The average molecular weight is 409 g/mol. The van der Waals surface area contributed by atoms with Crippen molar-refractivity contribution in [2.45, 2.75) is 6.04 Å². The van der Waals surface area contributed by atoms with E-state index in [1.807, 2.05) is 54.7 Å². The molecule has 1 unspecified atom stereocenters. The number of aromatic hydroxyl groups is 1. The van der Waals surface area contributed by atoms with Crippen molar-refractivity contribution in [3.05, 3.63) is 102 Å². The summed E-state index contributed by atoms with van der Waals surface area (Å²) in [6, 6.07) is 18.1. The molecule has 0 bridgehead atoms.